The van der Waals surface area contributed by atoms with Crippen LogP contribution in [-0.2, 0) is 9.59 Å². The average molecular weight is 463 g/mol. The maximum absolute atomic E-state index is 12.7. The van der Waals surface area contributed by atoms with Crippen LogP contribution in [0.3, 0.4) is 0 Å². The zero-order chi connectivity index (χ0) is 23.5. The van der Waals surface area contributed by atoms with Gasteiger partial charge in [-0.1, -0.05) is 42.5 Å². The third-order valence-electron chi connectivity index (χ3n) is 4.94. The van der Waals surface area contributed by atoms with Crippen molar-refractivity contribution in [3.8, 4) is 5.75 Å². The lowest BCUT2D eigenvalue weighted by molar-refractivity contribution is -0.385. The van der Waals surface area contributed by atoms with E-state index in [4.69, 9.17) is 4.74 Å². The number of thioether (sulfide) groups is 1. The van der Waals surface area contributed by atoms with Crippen molar-refractivity contribution in [1.82, 2.24) is 4.90 Å². The van der Waals surface area contributed by atoms with Crippen LogP contribution < -0.4 is 10.1 Å². The predicted molar refractivity (Wildman–Crippen MR) is 125 cm³/mol. The summed E-state index contributed by atoms with van der Waals surface area (Å²) >= 11 is 0.669. The van der Waals surface area contributed by atoms with Crippen molar-refractivity contribution in [2.45, 2.75) is 0 Å². The number of nitro groups is 1. The Hall–Kier alpha value is -4.18. The van der Waals surface area contributed by atoms with Crippen LogP contribution >= 0.6 is 11.8 Å². The number of nitro benzene ring substituents is 1. The van der Waals surface area contributed by atoms with Gasteiger partial charge in [0.05, 0.1) is 16.9 Å². The first-order valence-electron chi connectivity index (χ1n) is 9.73. The summed E-state index contributed by atoms with van der Waals surface area (Å²) in [5.41, 5.74) is 0.666. The van der Waals surface area contributed by atoms with Gasteiger partial charge in [0.25, 0.3) is 11.1 Å². The summed E-state index contributed by atoms with van der Waals surface area (Å²) in [5.74, 6) is -1.08. The lowest BCUT2D eigenvalue weighted by atomic mass is 10.1. The molecule has 0 unspecified atom stereocenters. The summed E-state index contributed by atoms with van der Waals surface area (Å²) < 4.78 is 4.96. The summed E-state index contributed by atoms with van der Waals surface area (Å²) in [4.78, 5) is 49.2. The number of imide groups is 1. The maximum Gasteiger partial charge on any atom is 0.311 e. The highest BCUT2D eigenvalue weighted by Crippen LogP contribution is 2.34. The number of hydrogen-bond donors (Lipinski definition) is 1. The van der Waals surface area contributed by atoms with E-state index in [1.54, 1.807) is 12.1 Å². The van der Waals surface area contributed by atoms with Crippen LogP contribution in [0.1, 0.15) is 5.56 Å². The van der Waals surface area contributed by atoms with Gasteiger partial charge < -0.3 is 10.1 Å². The van der Waals surface area contributed by atoms with E-state index < -0.39 is 28.5 Å². The van der Waals surface area contributed by atoms with Crippen LogP contribution in [0.25, 0.3) is 16.8 Å². The number of ether oxygens (including phenoxy) is 1. The first-order valence-corrected chi connectivity index (χ1v) is 10.5. The van der Waals surface area contributed by atoms with Gasteiger partial charge in [-0.3, -0.25) is 29.4 Å². The molecule has 4 rings (SSSR count). The smallest absolute Gasteiger partial charge is 0.311 e. The third kappa shape index (κ3) is 4.55. The van der Waals surface area contributed by atoms with Crippen LogP contribution in [0.5, 0.6) is 5.75 Å². The van der Waals surface area contributed by atoms with Crippen molar-refractivity contribution in [2.75, 3.05) is 19.0 Å². The van der Waals surface area contributed by atoms with Gasteiger partial charge in [0.2, 0.25) is 5.91 Å². The molecule has 0 atom stereocenters. The molecular formula is C23H17N3O6S. The van der Waals surface area contributed by atoms with Gasteiger partial charge >= 0.3 is 5.69 Å². The second-order valence-electron chi connectivity index (χ2n) is 7.03. The number of benzene rings is 3. The molecule has 1 aliphatic rings. The number of nitrogens with zero attached hydrogens (tertiary/aromatic N) is 2. The zero-order valence-corrected chi connectivity index (χ0v) is 18.1. The largest absolute Gasteiger partial charge is 0.490 e. The molecule has 0 spiro atoms. The normalized spacial score (nSPS) is 14.7. The minimum atomic E-state index is -0.642. The molecule has 3 aromatic carbocycles. The van der Waals surface area contributed by atoms with E-state index in [9.17, 15) is 24.5 Å². The molecule has 1 aliphatic heterocycles. The summed E-state index contributed by atoms with van der Waals surface area (Å²) in [5, 5.41) is 15.1. The van der Waals surface area contributed by atoms with Crippen molar-refractivity contribution >= 4 is 57.0 Å². The number of methoxy groups -OCH3 is 1. The van der Waals surface area contributed by atoms with E-state index in [2.05, 4.69) is 5.32 Å². The van der Waals surface area contributed by atoms with Gasteiger partial charge in [0.15, 0.2) is 5.75 Å². The number of carbonyl (C=O) groups is 3. The Kier molecular flexibility index (Phi) is 6.09. The fraction of sp³-hybridized carbons (Fsp3) is 0.0870. The minimum absolute atomic E-state index is 0.0671. The van der Waals surface area contributed by atoms with Gasteiger partial charge in [-0.25, -0.2) is 0 Å². The van der Waals surface area contributed by atoms with Crippen molar-refractivity contribution < 1.29 is 24.0 Å². The maximum atomic E-state index is 12.7. The molecule has 3 amide bonds. The summed E-state index contributed by atoms with van der Waals surface area (Å²) in [6.07, 6.45) is 1.37. The number of carbonyl (C=O) groups excluding carboxylic acids is 3. The van der Waals surface area contributed by atoms with Crippen LogP contribution in [0.2, 0.25) is 0 Å². The number of nitrogens with one attached hydrogen (secondary N) is 1. The van der Waals surface area contributed by atoms with Crippen LogP contribution in [0.15, 0.2) is 65.6 Å². The van der Waals surface area contributed by atoms with Crippen molar-refractivity contribution in [3.63, 3.8) is 0 Å². The Morgan fingerprint density at radius 3 is 2.67 bits per heavy atom. The number of hydrogen-bond acceptors (Lipinski definition) is 7. The number of anilines is 1. The van der Waals surface area contributed by atoms with Gasteiger partial charge in [-0.15, -0.1) is 0 Å². The molecular weight excluding hydrogens is 446 g/mol. The Morgan fingerprint density at radius 1 is 1.15 bits per heavy atom. The standard InChI is InChI=1S/C23H17N3O6S/c1-32-19-10-9-14(11-18(19)26(30)31)12-20-22(28)25(23(29)33-20)13-21(27)24-17-8-4-6-15-5-2-3-7-16(15)17/h2-12H,13H2,1H3,(H,24,27)/b20-12+. The van der Waals surface area contributed by atoms with E-state index >= 15 is 0 Å². The second kappa shape index (κ2) is 9.13. The van der Waals surface area contributed by atoms with E-state index in [1.165, 1.54) is 31.4 Å². The molecule has 166 valence electrons. The van der Waals surface area contributed by atoms with E-state index in [0.29, 0.717) is 23.0 Å². The number of amides is 3. The first-order chi connectivity index (χ1) is 15.9. The van der Waals surface area contributed by atoms with Crippen LogP contribution in [0, 0.1) is 10.1 Å². The molecule has 0 aromatic heterocycles. The summed E-state index contributed by atoms with van der Waals surface area (Å²) in [7, 11) is 1.32. The number of fused-ring (bicyclic) bond motifs is 1. The topological polar surface area (TPSA) is 119 Å². The zero-order valence-electron chi connectivity index (χ0n) is 17.3. The molecule has 1 saturated heterocycles. The predicted octanol–water partition coefficient (Wildman–Crippen LogP) is 4.43. The molecule has 0 bridgehead atoms. The molecule has 33 heavy (non-hydrogen) atoms. The molecule has 0 saturated carbocycles. The van der Waals surface area contributed by atoms with E-state index in [0.717, 1.165) is 15.7 Å². The fourth-order valence-corrected chi connectivity index (χ4v) is 4.23. The van der Waals surface area contributed by atoms with Crippen LogP contribution in [-0.4, -0.2) is 40.5 Å². The van der Waals surface area contributed by atoms with E-state index in [1.807, 2.05) is 30.3 Å². The average Bonchev–Trinajstić information content (AvgIpc) is 3.06. The quantitative estimate of drug-likeness (QED) is 0.326. The molecule has 3 aromatic rings. The van der Waals surface area contributed by atoms with Gasteiger partial charge in [0.1, 0.15) is 6.54 Å². The lowest BCUT2D eigenvalue weighted by Gasteiger charge is -2.13. The third-order valence-corrected chi connectivity index (χ3v) is 5.84. The van der Waals surface area contributed by atoms with Crippen molar-refractivity contribution in [3.05, 3.63) is 81.2 Å². The molecule has 0 aliphatic carbocycles. The highest BCUT2D eigenvalue weighted by Gasteiger charge is 2.36. The van der Waals surface area contributed by atoms with Gasteiger partial charge in [-0.05, 0) is 40.9 Å². The Bertz CT molecular complexity index is 1330. The van der Waals surface area contributed by atoms with E-state index in [-0.39, 0.29) is 16.3 Å². The Balaban J connectivity index is 1.51. The van der Waals surface area contributed by atoms with Crippen molar-refractivity contribution in [1.29, 1.82) is 0 Å². The molecule has 9 nitrogen and oxygen atoms in total. The highest BCUT2D eigenvalue weighted by molar-refractivity contribution is 8.18. The molecule has 1 heterocycles. The van der Waals surface area contributed by atoms with Crippen molar-refractivity contribution in [2.24, 2.45) is 0 Å². The SMILES string of the molecule is COc1ccc(/C=C2/SC(=O)N(CC(=O)Nc3cccc4ccccc34)C2=O)cc1[N+](=O)[O-]. The second-order valence-corrected chi connectivity index (χ2v) is 8.02. The molecule has 1 fully saturated rings. The fourth-order valence-electron chi connectivity index (χ4n) is 3.39. The lowest BCUT2D eigenvalue weighted by Crippen LogP contribution is -2.36. The summed E-state index contributed by atoms with van der Waals surface area (Å²) in [6, 6.07) is 17.2. The molecule has 0 radical (unpaired) electrons. The summed E-state index contributed by atoms with van der Waals surface area (Å²) in [6.45, 7) is -0.450. The van der Waals surface area contributed by atoms with Crippen LogP contribution in [0.4, 0.5) is 16.2 Å². The number of rotatable bonds is 6. The van der Waals surface area contributed by atoms with Gasteiger partial charge in [0, 0.05) is 17.1 Å². The van der Waals surface area contributed by atoms with Gasteiger partial charge in [-0.2, -0.15) is 0 Å². The minimum Gasteiger partial charge on any atom is -0.490 e. The molecule has 1 N–H and O–H groups in total. The monoisotopic (exact) mass is 463 g/mol. The highest BCUT2D eigenvalue weighted by atomic mass is 32.2. The Labute approximate surface area is 192 Å². The molecule has 10 heteroatoms. The first kappa shape index (κ1) is 22.0. The Morgan fingerprint density at radius 2 is 1.91 bits per heavy atom.